The van der Waals surface area contributed by atoms with Crippen molar-refractivity contribution in [3.63, 3.8) is 0 Å². The summed E-state index contributed by atoms with van der Waals surface area (Å²) in [7, 11) is 1.37. The fraction of sp³-hybridized carbons (Fsp3) is 0.333. The molecule has 0 radical (unpaired) electrons. The highest BCUT2D eigenvalue weighted by Gasteiger charge is 2.26. The number of urea groups is 1. The van der Waals surface area contributed by atoms with Gasteiger partial charge in [-0.25, -0.2) is 9.59 Å². The van der Waals surface area contributed by atoms with E-state index in [0.717, 1.165) is 36.8 Å². The summed E-state index contributed by atoms with van der Waals surface area (Å²) in [6.07, 6.45) is 4.00. The number of aryl methyl sites for hydroxylation is 1. The largest absolute Gasteiger partial charge is 0.465 e. The lowest BCUT2D eigenvalue weighted by molar-refractivity contribution is 0.0601. The van der Waals surface area contributed by atoms with Crippen molar-refractivity contribution in [2.75, 3.05) is 12.4 Å². The standard InChI is InChI=1S/C18H20N2O3S/c1-23-17(21)15-13-9-5-6-10-14(13)24-16(15)20-18(22)19-11-12-7-3-2-4-8-12/h2-4,7-8H,5-6,9-11H2,1H3,(H2,19,20,22). The monoisotopic (exact) mass is 344 g/mol. The molecule has 0 saturated carbocycles. The molecule has 1 aromatic carbocycles. The Labute approximate surface area is 145 Å². The number of benzene rings is 1. The summed E-state index contributed by atoms with van der Waals surface area (Å²) in [6.45, 7) is 0.436. The zero-order valence-electron chi connectivity index (χ0n) is 13.6. The summed E-state index contributed by atoms with van der Waals surface area (Å²) in [5.41, 5.74) is 2.58. The highest BCUT2D eigenvalue weighted by molar-refractivity contribution is 7.17. The molecule has 24 heavy (non-hydrogen) atoms. The molecule has 6 heteroatoms. The molecule has 0 unspecified atom stereocenters. The minimum absolute atomic E-state index is 0.317. The van der Waals surface area contributed by atoms with Gasteiger partial charge in [0.05, 0.1) is 12.7 Å². The molecule has 126 valence electrons. The van der Waals surface area contributed by atoms with Crippen molar-refractivity contribution in [1.82, 2.24) is 5.32 Å². The smallest absolute Gasteiger partial charge is 0.341 e. The van der Waals surface area contributed by atoms with Crippen LogP contribution in [0.15, 0.2) is 30.3 Å². The second kappa shape index (κ2) is 7.49. The van der Waals surface area contributed by atoms with Gasteiger partial charge in [0.15, 0.2) is 0 Å². The van der Waals surface area contributed by atoms with Crippen LogP contribution in [0.1, 0.15) is 39.2 Å². The van der Waals surface area contributed by atoms with Gasteiger partial charge in [-0.2, -0.15) is 0 Å². The van der Waals surface area contributed by atoms with Crippen LogP contribution in [0.5, 0.6) is 0 Å². The molecule has 1 aliphatic carbocycles. The second-order valence-corrected chi connectivity index (χ2v) is 6.81. The average molecular weight is 344 g/mol. The molecule has 1 heterocycles. The van der Waals surface area contributed by atoms with Crippen LogP contribution in [0.2, 0.25) is 0 Å². The lowest BCUT2D eigenvalue weighted by Crippen LogP contribution is -2.28. The van der Waals surface area contributed by atoms with E-state index in [2.05, 4.69) is 10.6 Å². The first kappa shape index (κ1) is 16.5. The van der Waals surface area contributed by atoms with Crippen molar-refractivity contribution in [3.8, 4) is 0 Å². The topological polar surface area (TPSA) is 67.4 Å². The Morgan fingerprint density at radius 3 is 2.67 bits per heavy atom. The van der Waals surface area contributed by atoms with E-state index in [-0.39, 0.29) is 12.0 Å². The Morgan fingerprint density at radius 1 is 1.17 bits per heavy atom. The molecule has 0 bridgehead atoms. The number of anilines is 1. The Morgan fingerprint density at radius 2 is 1.92 bits per heavy atom. The molecule has 1 aliphatic rings. The number of carbonyl (C=O) groups excluding carboxylic acids is 2. The number of methoxy groups -OCH3 is 1. The molecule has 2 N–H and O–H groups in total. The third-order valence-corrected chi connectivity index (χ3v) is 5.29. The first-order valence-corrected chi connectivity index (χ1v) is 8.82. The molecule has 2 aromatic rings. The van der Waals surface area contributed by atoms with Crippen molar-refractivity contribution in [2.45, 2.75) is 32.2 Å². The van der Waals surface area contributed by atoms with Gasteiger partial charge in [-0.3, -0.25) is 5.32 Å². The van der Waals surface area contributed by atoms with Gasteiger partial charge >= 0.3 is 12.0 Å². The Kier molecular flexibility index (Phi) is 5.15. The van der Waals surface area contributed by atoms with Crippen LogP contribution in [0.4, 0.5) is 9.80 Å². The quantitative estimate of drug-likeness (QED) is 0.831. The maximum absolute atomic E-state index is 12.2. The third-order valence-electron chi connectivity index (χ3n) is 4.08. The number of ether oxygens (including phenoxy) is 1. The predicted molar refractivity (Wildman–Crippen MR) is 94.6 cm³/mol. The van der Waals surface area contributed by atoms with Crippen molar-refractivity contribution in [2.24, 2.45) is 0 Å². The second-order valence-electron chi connectivity index (χ2n) is 5.70. The SMILES string of the molecule is COC(=O)c1c(NC(=O)NCc2ccccc2)sc2c1CCCC2. The van der Waals surface area contributed by atoms with E-state index < -0.39 is 0 Å². The molecule has 0 atom stereocenters. The molecular weight excluding hydrogens is 324 g/mol. The maximum Gasteiger partial charge on any atom is 0.341 e. The molecule has 1 aromatic heterocycles. The van der Waals surface area contributed by atoms with Crippen molar-refractivity contribution in [1.29, 1.82) is 0 Å². The Bertz CT molecular complexity index is 740. The van der Waals surface area contributed by atoms with E-state index in [4.69, 9.17) is 4.74 Å². The van der Waals surface area contributed by atoms with Gasteiger partial charge in [0.25, 0.3) is 0 Å². The minimum Gasteiger partial charge on any atom is -0.465 e. The lowest BCUT2D eigenvalue weighted by Gasteiger charge is -2.12. The van der Waals surface area contributed by atoms with Crippen LogP contribution in [0.25, 0.3) is 0 Å². The minimum atomic E-state index is -0.382. The van der Waals surface area contributed by atoms with Crippen LogP contribution in [-0.4, -0.2) is 19.1 Å². The zero-order valence-corrected chi connectivity index (χ0v) is 14.4. The number of esters is 1. The summed E-state index contributed by atoms with van der Waals surface area (Å²) in [4.78, 5) is 25.5. The van der Waals surface area contributed by atoms with E-state index >= 15 is 0 Å². The van der Waals surface area contributed by atoms with Gasteiger partial charge in [-0.15, -0.1) is 11.3 Å². The normalized spacial score (nSPS) is 13.0. The van der Waals surface area contributed by atoms with Crippen LogP contribution in [0, 0.1) is 0 Å². The molecule has 0 spiro atoms. The van der Waals surface area contributed by atoms with Crippen LogP contribution in [0.3, 0.4) is 0 Å². The van der Waals surface area contributed by atoms with E-state index in [9.17, 15) is 9.59 Å². The zero-order chi connectivity index (χ0) is 16.9. The number of amides is 2. The predicted octanol–water partition coefficient (Wildman–Crippen LogP) is 3.74. The molecule has 0 saturated heterocycles. The van der Waals surface area contributed by atoms with Gasteiger partial charge in [0, 0.05) is 11.4 Å². The fourth-order valence-corrected chi connectivity index (χ4v) is 4.17. The van der Waals surface area contributed by atoms with Crippen LogP contribution in [-0.2, 0) is 24.1 Å². The van der Waals surface area contributed by atoms with Gasteiger partial charge in [-0.05, 0) is 36.8 Å². The highest BCUT2D eigenvalue weighted by atomic mass is 32.1. The van der Waals surface area contributed by atoms with Gasteiger partial charge in [0.1, 0.15) is 5.00 Å². The summed E-state index contributed by atoms with van der Waals surface area (Å²) < 4.78 is 4.91. The number of rotatable bonds is 4. The number of hydrogen-bond donors (Lipinski definition) is 2. The van der Waals surface area contributed by atoms with Gasteiger partial charge in [0.2, 0.25) is 0 Å². The first-order valence-electron chi connectivity index (χ1n) is 8.00. The molecule has 0 aliphatic heterocycles. The molecule has 5 nitrogen and oxygen atoms in total. The van der Waals surface area contributed by atoms with Gasteiger partial charge < -0.3 is 10.1 Å². The summed E-state index contributed by atoms with van der Waals surface area (Å²) >= 11 is 1.48. The molecule has 2 amide bonds. The van der Waals surface area contributed by atoms with Crippen molar-refractivity contribution >= 4 is 28.3 Å². The molecule has 3 rings (SSSR count). The van der Waals surface area contributed by atoms with E-state index in [1.807, 2.05) is 30.3 Å². The molecular formula is C18H20N2O3S. The van der Waals surface area contributed by atoms with Crippen LogP contribution < -0.4 is 10.6 Å². The number of fused-ring (bicyclic) bond motifs is 1. The van der Waals surface area contributed by atoms with E-state index in [1.165, 1.54) is 23.3 Å². The highest BCUT2D eigenvalue weighted by Crippen LogP contribution is 2.38. The number of nitrogens with one attached hydrogen (secondary N) is 2. The Hall–Kier alpha value is -2.34. The van der Waals surface area contributed by atoms with E-state index in [0.29, 0.717) is 17.1 Å². The summed E-state index contributed by atoms with van der Waals surface area (Å²) in [5, 5.41) is 6.22. The average Bonchev–Trinajstić information content (AvgIpc) is 2.98. The third kappa shape index (κ3) is 3.59. The number of thiophene rings is 1. The van der Waals surface area contributed by atoms with Crippen LogP contribution >= 0.6 is 11.3 Å². The van der Waals surface area contributed by atoms with Crippen molar-refractivity contribution < 1.29 is 14.3 Å². The fourth-order valence-electron chi connectivity index (χ4n) is 2.90. The Balaban J connectivity index is 1.73. The molecule has 0 fully saturated rings. The van der Waals surface area contributed by atoms with Gasteiger partial charge in [-0.1, -0.05) is 30.3 Å². The lowest BCUT2D eigenvalue weighted by atomic mass is 9.95. The summed E-state index contributed by atoms with van der Waals surface area (Å²) in [5.74, 6) is -0.382. The van der Waals surface area contributed by atoms with Crippen molar-refractivity contribution in [3.05, 3.63) is 51.9 Å². The van der Waals surface area contributed by atoms with E-state index in [1.54, 1.807) is 0 Å². The maximum atomic E-state index is 12.2. The first-order chi connectivity index (χ1) is 11.7. The summed E-state index contributed by atoms with van der Waals surface area (Å²) in [6, 6.07) is 9.37. The number of hydrogen-bond acceptors (Lipinski definition) is 4. The number of carbonyl (C=O) groups is 2.